The summed E-state index contributed by atoms with van der Waals surface area (Å²) in [5.41, 5.74) is 0. The first kappa shape index (κ1) is 25.3. The van der Waals surface area contributed by atoms with Crippen LogP contribution in [0.4, 0.5) is 0 Å². The minimum Gasteiger partial charge on any atom is -0.744 e. The molecule has 0 amide bonds. The molecule has 2 rings (SSSR count). The van der Waals surface area contributed by atoms with Gasteiger partial charge in [-0.05, 0) is 29.7 Å². The molecule has 0 heterocycles. The first-order valence-corrected chi connectivity index (χ1v) is 8.68. The number of benzene rings is 2. The summed E-state index contributed by atoms with van der Waals surface area (Å²) in [5.74, 6) is 0.273. The van der Waals surface area contributed by atoms with Crippen LogP contribution >= 0.6 is 0 Å². The molecule has 0 aliphatic heterocycles. The molecule has 24 heavy (non-hydrogen) atoms. The van der Waals surface area contributed by atoms with Crippen LogP contribution in [0.3, 0.4) is 0 Å². The Morgan fingerprint density at radius 2 is 1.62 bits per heavy atom. The third-order valence-corrected chi connectivity index (χ3v) is 4.48. The van der Waals surface area contributed by atoms with Gasteiger partial charge in [-0.1, -0.05) is 18.7 Å². The number of ether oxygens (including phenoxy) is 1. The van der Waals surface area contributed by atoms with Crippen LogP contribution in [0.2, 0.25) is 0 Å². The molecular formula is C13H10K2O7S2. The Bertz CT molecular complexity index is 954. The van der Waals surface area contributed by atoms with Crippen LogP contribution in [-0.2, 0) is 20.2 Å². The summed E-state index contributed by atoms with van der Waals surface area (Å²) < 4.78 is 72.5. The van der Waals surface area contributed by atoms with Crippen LogP contribution < -0.4 is 108 Å². The van der Waals surface area contributed by atoms with Gasteiger partial charge in [0.05, 0.1) is 9.79 Å². The summed E-state index contributed by atoms with van der Waals surface area (Å²) in [6.07, 6.45) is 1.47. The molecule has 2 aromatic rings. The van der Waals surface area contributed by atoms with Gasteiger partial charge in [-0.2, -0.15) is 0 Å². The van der Waals surface area contributed by atoms with Crippen molar-refractivity contribution in [2.75, 3.05) is 6.61 Å². The Balaban J connectivity index is 0.00000264. The largest absolute Gasteiger partial charge is 1.00 e. The molecule has 0 aliphatic rings. The van der Waals surface area contributed by atoms with Crippen molar-refractivity contribution in [2.24, 2.45) is 0 Å². The molecule has 0 saturated carbocycles. The zero-order chi connectivity index (χ0) is 16.5. The summed E-state index contributed by atoms with van der Waals surface area (Å²) in [6.45, 7) is 3.63. The standard InChI is InChI=1S/C13H12O7S2.2K/c1-2-5-20-10-4-3-9-6-11(21(14,15)16)8-13(12(9)7-10)22(17,18)19;;/h2-4,6-8H,1,5H2,(H,14,15,16)(H,17,18,19);;/q;2*+1/p-2. The fourth-order valence-electron chi connectivity index (χ4n) is 1.87. The molecule has 7 nitrogen and oxygen atoms in total. The molecule has 0 aliphatic carbocycles. The Kier molecular flexibility index (Phi) is 10.6. The second-order valence-corrected chi connectivity index (χ2v) is 7.04. The Morgan fingerprint density at radius 1 is 1.00 bits per heavy atom. The molecule has 0 fully saturated rings. The molecule has 0 spiro atoms. The van der Waals surface area contributed by atoms with Crippen molar-refractivity contribution in [3.8, 4) is 5.75 Å². The molecule has 0 unspecified atom stereocenters. The molecule has 0 bridgehead atoms. The average molecular weight is 421 g/mol. The van der Waals surface area contributed by atoms with Crippen molar-refractivity contribution in [3.63, 3.8) is 0 Å². The number of fused-ring (bicyclic) bond motifs is 1. The maximum atomic E-state index is 11.3. The van der Waals surface area contributed by atoms with Gasteiger partial charge in [-0.15, -0.1) is 0 Å². The van der Waals surface area contributed by atoms with Crippen molar-refractivity contribution >= 4 is 31.0 Å². The Labute approximate surface area is 225 Å². The topological polar surface area (TPSA) is 124 Å². The molecule has 0 N–H and O–H groups in total. The van der Waals surface area contributed by atoms with E-state index < -0.39 is 30.0 Å². The van der Waals surface area contributed by atoms with Crippen molar-refractivity contribution in [1.29, 1.82) is 0 Å². The maximum absolute atomic E-state index is 11.3. The summed E-state index contributed by atoms with van der Waals surface area (Å²) in [4.78, 5) is -1.57. The zero-order valence-corrected chi connectivity index (χ0v) is 20.9. The van der Waals surface area contributed by atoms with E-state index in [2.05, 4.69) is 6.58 Å². The van der Waals surface area contributed by atoms with Gasteiger partial charge in [0.2, 0.25) is 0 Å². The van der Waals surface area contributed by atoms with Gasteiger partial charge >= 0.3 is 103 Å². The summed E-state index contributed by atoms with van der Waals surface area (Å²) in [7, 11) is -9.88. The van der Waals surface area contributed by atoms with E-state index in [1.54, 1.807) is 0 Å². The van der Waals surface area contributed by atoms with E-state index in [-0.39, 0.29) is 126 Å². The smallest absolute Gasteiger partial charge is 0.744 e. The normalized spacial score (nSPS) is 11.2. The molecule has 118 valence electrons. The Morgan fingerprint density at radius 3 is 2.12 bits per heavy atom. The second-order valence-electron chi connectivity index (χ2n) is 4.31. The zero-order valence-electron chi connectivity index (χ0n) is 13.1. The van der Waals surface area contributed by atoms with Crippen molar-refractivity contribution in [1.82, 2.24) is 0 Å². The van der Waals surface area contributed by atoms with Crippen LogP contribution in [0.15, 0.2) is 52.8 Å². The quantitative estimate of drug-likeness (QED) is 0.270. The van der Waals surface area contributed by atoms with Crippen LogP contribution in [0.1, 0.15) is 0 Å². The van der Waals surface area contributed by atoms with Crippen molar-refractivity contribution < 1.29 is 133 Å². The van der Waals surface area contributed by atoms with E-state index in [4.69, 9.17) is 4.74 Å². The number of hydrogen-bond acceptors (Lipinski definition) is 7. The molecule has 0 atom stereocenters. The Hall–Kier alpha value is 1.33. The third kappa shape index (κ3) is 6.49. The van der Waals surface area contributed by atoms with Gasteiger partial charge in [-0.25, -0.2) is 16.8 Å². The van der Waals surface area contributed by atoms with Gasteiger partial charge in [-0.3, -0.25) is 0 Å². The monoisotopic (exact) mass is 420 g/mol. The SMILES string of the molecule is C=CCOc1ccc2cc(S(=O)(=O)[O-])cc(S(=O)(=O)[O-])c2c1.[K+].[K+]. The fraction of sp³-hybridized carbons (Fsp3) is 0.0769. The predicted octanol–water partition coefficient (Wildman–Crippen LogP) is -4.78. The van der Waals surface area contributed by atoms with E-state index in [0.29, 0.717) is 6.07 Å². The first-order valence-electron chi connectivity index (χ1n) is 5.86. The van der Waals surface area contributed by atoms with Crippen LogP contribution in [0.5, 0.6) is 5.75 Å². The molecule has 0 aromatic heterocycles. The van der Waals surface area contributed by atoms with Gasteiger partial charge in [0, 0.05) is 5.39 Å². The van der Waals surface area contributed by atoms with Gasteiger partial charge in [0.25, 0.3) is 0 Å². The predicted molar refractivity (Wildman–Crippen MR) is 75.6 cm³/mol. The molecule has 2 aromatic carbocycles. The molecule has 11 heteroatoms. The third-order valence-electron chi connectivity index (χ3n) is 2.79. The van der Waals surface area contributed by atoms with E-state index in [0.717, 1.165) is 6.07 Å². The van der Waals surface area contributed by atoms with Crippen molar-refractivity contribution in [3.05, 3.63) is 43.0 Å². The molecule has 0 saturated heterocycles. The van der Waals surface area contributed by atoms with Crippen LogP contribution in [-0.4, -0.2) is 32.5 Å². The maximum Gasteiger partial charge on any atom is 1.00 e. The van der Waals surface area contributed by atoms with Gasteiger partial charge < -0.3 is 13.8 Å². The van der Waals surface area contributed by atoms with E-state index in [1.807, 2.05) is 0 Å². The summed E-state index contributed by atoms with van der Waals surface area (Å²) in [6, 6.07) is 5.66. The van der Waals surface area contributed by atoms with E-state index in [1.165, 1.54) is 24.3 Å². The molecule has 0 radical (unpaired) electrons. The van der Waals surface area contributed by atoms with Crippen molar-refractivity contribution in [2.45, 2.75) is 9.79 Å². The van der Waals surface area contributed by atoms with E-state index >= 15 is 0 Å². The first-order chi connectivity index (χ1) is 10.1. The van der Waals surface area contributed by atoms with Gasteiger partial charge in [0.15, 0.2) is 0 Å². The minimum absolute atomic E-state index is 0. The molecular weight excluding hydrogens is 410 g/mol. The minimum atomic E-state index is -4.98. The average Bonchev–Trinajstić information content (AvgIpc) is 2.41. The summed E-state index contributed by atoms with van der Waals surface area (Å²) in [5, 5.41) is 0.0984. The number of rotatable bonds is 5. The number of hydrogen-bond donors (Lipinski definition) is 0. The van der Waals surface area contributed by atoms with E-state index in [9.17, 15) is 25.9 Å². The van der Waals surface area contributed by atoms with Gasteiger partial charge in [0.1, 0.15) is 32.6 Å². The van der Waals surface area contributed by atoms with Crippen LogP contribution in [0.25, 0.3) is 10.8 Å². The fourth-order valence-corrected chi connectivity index (χ4v) is 3.20. The second kappa shape index (κ2) is 10.0. The summed E-state index contributed by atoms with van der Waals surface area (Å²) >= 11 is 0. The van der Waals surface area contributed by atoms with Crippen LogP contribution in [0, 0.1) is 0 Å².